The number of aliphatic carboxylic acids is 1. The van der Waals surface area contributed by atoms with Gasteiger partial charge in [-0.1, -0.05) is 12.8 Å². The molecule has 2 atom stereocenters. The zero-order valence-electron chi connectivity index (χ0n) is 9.65. The second kappa shape index (κ2) is 4.72. The van der Waals surface area contributed by atoms with Crippen LogP contribution in [0.2, 0.25) is 0 Å². The van der Waals surface area contributed by atoms with Gasteiger partial charge >= 0.3 is 5.97 Å². The summed E-state index contributed by atoms with van der Waals surface area (Å²) in [6.07, 6.45) is 6.70. The Labute approximate surface area is 96.2 Å². The van der Waals surface area contributed by atoms with Crippen LogP contribution in [0.5, 0.6) is 0 Å². The predicted octanol–water partition coefficient (Wildman–Crippen LogP) is 1.53. The molecule has 2 fully saturated rings. The highest BCUT2D eigenvalue weighted by Gasteiger charge is 2.39. The van der Waals surface area contributed by atoms with Crippen LogP contribution < -0.4 is 5.73 Å². The van der Waals surface area contributed by atoms with Gasteiger partial charge in [0.15, 0.2) is 0 Å². The first-order valence-corrected chi connectivity index (χ1v) is 6.24. The maximum Gasteiger partial charge on any atom is 0.323 e. The molecule has 0 aromatic rings. The highest BCUT2D eigenvalue weighted by atomic mass is 16.5. The Kier molecular flexibility index (Phi) is 3.50. The van der Waals surface area contributed by atoms with Gasteiger partial charge in [0.2, 0.25) is 0 Å². The Morgan fingerprint density at radius 3 is 2.81 bits per heavy atom. The minimum absolute atomic E-state index is 0.0496. The zero-order valence-corrected chi connectivity index (χ0v) is 9.65. The molecule has 0 heterocycles. The van der Waals surface area contributed by atoms with Gasteiger partial charge in [-0.15, -0.1) is 0 Å². The fourth-order valence-electron chi connectivity index (χ4n) is 2.40. The number of nitrogens with two attached hydrogens (primary N) is 1. The molecule has 2 saturated carbocycles. The molecular weight excluding hydrogens is 206 g/mol. The normalized spacial score (nSPS) is 34.9. The minimum atomic E-state index is -1.05. The zero-order chi connectivity index (χ0) is 11.6. The summed E-state index contributed by atoms with van der Waals surface area (Å²) in [5.74, 6) is -0.0197. The second-order valence-corrected chi connectivity index (χ2v) is 5.28. The largest absolute Gasteiger partial charge is 0.480 e. The number of carboxylic acids is 1. The molecule has 0 spiro atoms. The van der Waals surface area contributed by atoms with E-state index in [0.717, 1.165) is 31.8 Å². The van der Waals surface area contributed by atoms with Crippen molar-refractivity contribution in [1.29, 1.82) is 0 Å². The average molecular weight is 227 g/mol. The van der Waals surface area contributed by atoms with Gasteiger partial charge in [-0.25, -0.2) is 0 Å². The van der Waals surface area contributed by atoms with E-state index in [2.05, 4.69) is 0 Å². The van der Waals surface area contributed by atoms with Gasteiger partial charge in [0.25, 0.3) is 0 Å². The van der Waals surface area contributed by atoms with Crippen LogP contribution in [-0.2, 0) is 9.53 Å². The lowest BCUT2D eigenvalue weighted by Crippen LogP contribution is -2.52. The molecule has 2 unspecified atom stereocenters. The van der Waals surface area contributed by atoms with Crippen molar-refractivity contribution in [3.63, 3.8) is 0 Å². The first-order chi connectivity index (χ1) is 7.60. The third-order valence-electron chi connectivity index (χ3n) is 3.74. The fourth-order valence-corrected chi connectivity index (χ4v) is 2.40. The topological polar surface area (TPSA) is 72.6 Å². The van der Waals surface area contributed by atoms with Crippen LogP contribution in [0.1, 0.15) is 44.9 Å². The van der Waals surface area contributed by atoms with Crippen molar-refractivity contribution in [2.45, 2.75) is 56.6 Å². The lowest BCUT2D eigenvalue weighted by atomic mass is 9.81. The summed E-state index contributed by atoms with van der Waals surface area (Å²) < 4.78 is 5.74. The van der Waals surface area contributed by atoms with Crippen molar-refractivity contribution in [2.24, 2.45) is 11.7 Å². The first-order valence-electron chi connectivity index (χ1n) is 6.24. The molecular formula is C12H21NO3. The molecule has 4 heteroatoms. The molecule has 0 amide bonds. The van der Waals surface area contributed by atoms with Crippen LogP contribution in [-0.4, -0.2) is 29.3 Å². The van der Waals surface area contributed by atoms with Crippen molar-refractivity contribution in [2.75, 3.05) is 6.61 Å². The van der Waals surface area contributed by atoms with Gasteiger partial charge in [-0.3, -0.25) is 4.79 Å². The summed E-state index contributed by atoms with van der Waals surface area (Å²) in [5, 5.41) is 9.06. The van der Waals surface area contributed by atoms with Crippen molar-refractivity contribution in [3.05, 3.63) is 0 Å². The Balaban J connectivity index is 1.74. The van der Waals surface area contributed by atoms with E-state index in [1.165, 1.54) is 12.8 Å². The lowest BCUT2D eigenvalue weighted by molar-refractivity contribution is -0.147. The summed E-state index contributed by atoms with van der Waals surface area (Å²) in [6, 6.07) is 0. The summed E-state index contributed by atoms with van der Waals surface area (Å²) in [4.78, 5) is 11.0. The summed E-state index contributed by atoms with van der Waals surface area (Å²) >= 11 is 0. The van der Waals surface area contributed by atoms with Gasteiger partial charge in [0.05, 0.1) is 6.10 Å². The van der Waals surface area contributed by atoms with Crippen molar-refractivity contribution in [3.8, 4) is 0 Å². The summed E-state index contributed by atoms with van der Waals surface area (Å²) in [7, 11) is 0. The maximum absolute atomic E-state index is 11.0. The molecule has 0 aliphatic heterocycles. The van der Waals surface area contributed by atoms with Crippen molar-refractivity contribution < 1.29 is 14.6 Å². The van der Waals surface area contributed by atoms with Crippen LogP contribution in [0, 0.1) is 5.92 Å². The highest BCUT2D eigenvalue weighted by molar-refractivity contribution is 5.78. The summed E-state index contributed by atoms with van der Waals surface area (Å²) in [5.41, 5.74) is 4.80. The van der Waals surface area contributed by atoms with E-state index < -0.39 is 11.5 Å². The number of rotatable bonds is 5. The molecule has 0 bridgehead atoms. The molecule has 92 valence electrons. The molecule has 2 aliphatic rings. The van der Waals surface area contributed by atoms with E-state index in [-0.39, 0.29) is 6.10 Å². The van der Waals surface area contributed by atoms with E-state index in [1.54, 1.807) is 0 Å². The fraction of sp³-hybridized carbons (Fsp3) is 0.917. The predicted molar refractivity (Wildman–Crippen MR) is 60.1 cm³/mol. The molecule has 0 saturated heterocycles. The Bertz CT molecular complexity index is 265. The smallest absolute Gasteiger partial charge is 0.323 e. The Morgan fingerprint density at radius 1 is 1.44 bits per heavy atom. The SMILES string of the molecule is NC1(C(=O)O)CCCC(OCCC2CC2)C1. The van der Waals surface area contributed by atoms with Crippen LogP contribution >= 0.6 is 0 Å². The molecule has 16 heavy (non-hydrogen) atoms. The van der Waals surface area contributed by atoms with Crippen molar-refractivity contribution >= 4 is 5.97 Å². The maximum atomic E-state index is 11.0. The standard InChI is InChI=1S/C12H21NO3/c13-12(11(14)15)6-1-2-10(8-12)16-7-5-9-3-4-9/h9-10H,1-8,13H2,(H,14,15). The molecule has 0 radical (unpaired) electrons. The lowest BCUT2D eigenvalue weighted by Gasteiger charge is -2.34. The Hall–Kier alpha value is -0.610. The van der Waals surface area contributed by atoms with Crippen molar-refractivity contribution in [1.82, 2.24) is 0 Å². The van der Waals surface area contributed by atoms with E-state index in [1.807, 2.05) is 0 Å². The molecule has 3 N–H and O–H groups in total. The quantitative estimate of drug-likeness (QED) is 0.747. The minimum Gasteiger partial charge on any atom is -0.480 e. The average Bonchev–Trinajstić information content (AvgIpc) is 3.02. The molecule has 2 rings (SSSR count). The van der Waals surface area contributed by atoms with Gasteiger partial charge in [0, 0.05) is 13.0 Å². The number of carboxylic acid groups (broad SMARTS) is 1. The van der Waals surface area contributed by atoms with E-state index >= 15 is 0 Å². The van der Waals surface area contributed by atoms with E-state index in [0.29, 0.717) is 12.8 Å². The first kappa shape index (κ1) is 11.9. The van der Waals surface area contributed by atoms with Crippen LogP contribution in [0.25, 0.3) is 0 Å². The third kappa shape index (κ3) is 2.95. The molecule has 0 aromatic heterocycles. The number of hydrogen-bond acceptors (Lipinski definition) is 3. The van der Waals surface area contributed by atoms with E-state index in [9.17, 15) is 4.79 Å². The van der Waals surface area contributed by atoms with E-state index in [4.69, 9.17) is 15.6 Å². The molecule has 2 aliphatic carbocycles. The van der Waals surface area contributed by atoms with Gasteiger partial charge < -0.3 is 15.6 Å². The summed E-state index contributed by atoms with van der Waals surface area (Å²) in [6.45, 7) is 0.769. The monoisotopic (exact) mass is 227 g/mol. The number of carbonyl (C=O) groups is 1. The molecule has 4 nitrogen and oxygen atoms in total. The van der Waals surface area contributed by atoms with Gasteiger partial charge in [-0.05, 0) is 31.6 Å². The van der Waals surface area contributed by atoms with Gasteiger partial charge in [0.1, 0.15) is 5.54 Å². The number of ether oxygens (including phenoxy) is 1. The number of hydrogen-bond donors (Lipinski definition) is 2. The highest BCUT2D eigenvalue weighted by Crippen LogP contribution is 2.33. The van der Waals surface area contributed by atoms with Crippen LogP contribution in [0.4, 0.5) is 0 Å². The Morgan fingerprint density at radius 2 is 2.19 bits per heavy atom. The second-order valence-electron chi connectivity index (χ2n) is 5.28. The molecule has 0 aromatic carbocycles. The van der Waals surface area contributed by atoms with Crippen LogP contribution in [0.15, 0.2) is 0 Å². The van der Waals surface area contributed by atoms with Crippen LogP contribution in [0.3, 0.4) is 0 Å². The van der Waals surface area contributed by atoms with Gasteiger partial charge in [-0.2, -0.15) is 0 Å². The third-order valence-corrected chi connectivity index (χ3v) is 3.74.